The molecule has 1 aliphatic carbocycles. The highest BCUT2D eigenvalue weighted by Crippen LogP contribution is 2.32. The minimum absolute atomic E-state index is 0.0372. The van der Waals surface area contributed by atoms with Crippen molar-refractivity contribution in [2.75, 3.05) is 6.61 Å². The molecule has 0 radical (unpaired) electrons. The molecule has 136 valence electrons. The van der Waals surface area contributed by atoms with Crippen LogP contribution in [0.25, 0.3) is 6.08 Å². The van der Waals surface area contributed by atoms with Gasteiger partial charge in [-0.25, -0.2) is 0 Å². The minimum atomic E-state index is -1.93. The van der Waals surface area contributed by atoms with Crippen LogP contribution in [0, 0.1) is 0 Å². The predicted octanol–water partition coefficient (Wildman–Crippen LogP) is 4.94. The van der Waals surface area contributed by atoms with Crippen LogP contribution in [-0.4, -0.2) is 14.7 Å². The van der Waals surface area contributed by atoms with Crippen molar-refractivity contribution in [1.82, 2.24) is 0 Å². The molecule has 0 saturated carbocycles. The van der Waals surface area contributed by atoms with Crippen LogP contribution >= 0.6 is 0 Å². The molecule has 2 aromatic carbocycles. The quantitative estimate of drug-likeness (QED) is 0.541. The van der Waals surface area contributed by atoms with Crippen LogP contribution in [0.15, 0.2) is 55.1 Å². The molecule has 0 amide bonds. The van der Waals surface area contributed by atoms with Crippen molar-refractivity contribution in [3.05, 3.63) is 71.8 Å². The number of para-hydroxylation sites is 1. The zero-order chi connectivity index (χ0) is 18.9. The maximum atomic E-state index is 6.27. The molecule has 26 heavy (non-hydrogen) atoms. The molecule has 0 atom stereocenters. The summed E-state index contributed by atoms with van der Waals surface area (Å²) in [5, 5.41) is 2.87. The fourth-order valence-corrected chi connectivity index (χ4v) is 6.91. The molecule has 0 unspecified atom stereocenters. The van der Waals surface area contributed by atoms with Crippen molar-refractivity contribution >= 4 is 24.5 Å². The fraction of sp³-hybridized carbons (Fsp3) is 0.333. The third kappa shape index (κ3) is 3.31. The zero-order valence-electron chi connectivity index (χ0n) is 16.7. The molecule has 0 aliphatic heterocycles. The number of allylic oxidation sites excluding steroid dienone is 1. The lowest BCUT2D eigenvalue weighted by Crippen LogP contribution is -2.54. The topological polar surface area (TPSA) is 9.23 Å². The van der Waals surface area contributed by atoms with Crippen LogP contribution in [0.5, 0.6) is 5.75 Å². The second-order valence-electron chi connectivity index (χ2n) is 8.64. The Labute approximate surface area is 159 Å². The third-order valence-corrected chi connectivity index (χ3v) is 8.86. The molecular formula is C24H30OSi. The third-order valence-electron chi connectivity index (χ3n) is 5.33. The Balaban J connectivity index is 2.21. The molecule has 0 spiro atoms. The number of hydrogen-bond donors (Lipinski definition) is 0. The van der Waals surface area contributed by atoms with Gasteiger partial charge >= 0.3 is 0 Å². The van der Waals surface area contributed by atoms with E-state index in [0.29, 0.717) is 6.61 Å². The lowest BCUT2D eigenvalue weighted by Gasteiger charge is -2.32. The number of fused-ring (bicyclic) bond motifs is 1. The van der Waals surface area contributed by atoms with Crippen molar-refractivity contribution in [2.24, 2.45) is 0 Å². The van der Waals surface area contributed by atoms with Gasteiger partial charge in [-0.05, 0) is 38.9 Å². The normalized spacial score (nSPS) is 13.6. The van der Waals surface area contributed by atoms with Crippen molar-refractivity contribution < 1.29 is 4.74 Å². The maximum Gasteiger partial charge on any atom is 0.123 e. The number of ether oxygens (including phenoxy) is 1. The molecule has 2 heteroatoms. The lowest BCUT2D eigenvalue weighted by atomic mass is 9.86. The van der Waals surface area contributed by atoms with Gasteiger partial charge in [0.25, 0.3) is 0 Å². The van der Waals surface area contributed by atoms with Gasteiger partial charge in [0.2, 0.25) is 0 Å². The number of rotatable bonds is 5. The van der Waals surface area contributed by atoms with Gasteiger partial charge in [0, 0.05) is 0 Å². The summed E-state index contributed by atoms with van der Waals surface area (Å²) >= 11 is 0. The van der Waals surface area contributed by atoms with Crippen LogP contribution in [-0.2, 0) is 11.8 Å². The Morgan fingerprint density at radius 3 is 2.46 bits per heavy atom. The Bertz CT molecular complexity index is 853. The molecule has 1 aliphatic rings. The van der Waals surface area contributed by atoms with E-state index in [-0.39, 0.29) is 5.41 Å². The first-order valence-electron chi connectivity index (χ1n) is 9.43. The van der Waals surface area contributed by atoms with E-state index in [1.54, 1.807) is 0 Å². The van der Waals surface area contributed by atoms with Gasteiger partial charge in [-0.15, -0.1) is 0 Å². The molecule has 2 aromatic rings. The van der Waals surface area contributed by atoms with E-state index in [2.05, 4.69) is 89.0 Å². The van der Waals surface area contributed by atoms with Gasteiger partial charge in [-0.1, -0.05) is 95.1 Å². The molecule has 3 rings (SSSR count). The molecule has 1 nitrogen and oxygen atoms in total. The van der Waals surface area contributed by atoms with Crippen molar-refractivity contribution in [3.63, 3.8) is 0 Å². The number of benzene rings is 2. The second kappa shape index (κ2) is 6.92. The predicted molar refractivity (Wildman–Crippen MR) is 117 cm³/mol. The van der Waals surface area contributed by atoms with E-state index < -0.39 is 8.07 Å². The summed E-state index contributed by atoms with van der Waals surface area (Å²) in [6, 6.07) is 13.5. The lowest BCUT2D eigenvalue weighted by molar-refractivity contribution is 0.354. The molecule has 0 bridgehead atoms. The smallest absolute Gasteiger partial charge is 0.123 e. The molecule has 0 aromatic heterocycles. The van der Waals surface area contributed by atoms with Gasteiger partial charge < -0.3 is 4.74 Å². The summed E-state index contributed by atoms with van der Waals surface area (Å²) in [5.41, 5.74) is 4.19. The summed E-state index contributed by atoms with van der Waals surface area (Å²) in [4.78, 5) is 0. The summed E-state index contributed by atoms with van der Waals surface area (Å²) in [6.45, 7) is 16.0. The average Bonchev–Trinajstić information content (AvgIpc) is 3.07. The van der Waals surface area contributed by atoms with E-state index >= 15 is 0 Å². The Morgan fingerprint density at radius 2 is 1.77 bits per heavy atom. The molecule has 0 saturated heterocycles. The zero-order valence-corrected chi connectivity index (χ0v) is 17.7. The molecule has 0 fully saturated rings. The van der Waals surface area contributed by atoms with Crippen LogP contribution in [0.3, 0.4) is 0 Å². The highest BCUT2D eigenvalue weighted by Gasteiger charge is 2.34. The average molecular weight is 363 g/mol. The van der Waals surface area contributed by atoms with Crippen LogP contribution in [0.4, 0.5) is 0 Å². The van der Waals surface area contributed by atoms with Crippen molar-refractivity contribution in [3.8, 4) is 5.75 Å². The minimum Gasteiger partial charge on any atom is -0.489 e. The summed E-state index contributed by atoms with van der Waals surface area (Å²) in [5.74, 6) is 1.07. The first kappa shape index (κ1) is 18.7. The van der Waals surface area contributed by atoms with E-state index in [1.807, 2.05) is 6.08 Å². The van der Waals surface area contributed by atoms with E-state index in [4.69, 9.17) is 4.74 Å². The second-order valence-corrected chi connectivity index (χ2v) is 13.0. The van der Waals surface area contributed by atoms with Crippen LogP contribution in [0.1, 0.15) is 37.5 Å². The Hall–Kier alpha value is -2.06. The van der Waals surface area contributed by atoms with E-state index in [0.717, 1.165) is 12.2 Å². The van der Waals surface area contributed by atoms with E-state index in [1.165, 1.54) is 27.1 Å². The first-order chi connectivity index (χ1) is 12.3. The highest BCUT2D eigenvalue weighted by molar-refractivity contribution is 7.01. The monoisotopic (exact) mass is 362 g/mol. The van der Waals surface area contributed by atoms with E-state index in [9.17, 15) is 0 Å². The summed E-state index contributed by atoms with van der Waals surface area (Å²) in [7, 11) is -1.93. The Morgan fingerprint density at radius 1 is 1.08 bits per heavy atom. The van der Waals surface area contributed by atoms with Crippen molar-refractivity contribution in [2.45, 2.75) is 45.7 Å². The summed E-state index contributed by atoms with van der Waals surface area (Å²) < 4.78 is 6.27. The molecule has 0 N–H and O–H groups in total. The van der Waals surface area contributed by atoms with Gasteiger partial charge in [-0.2, -0.15) is 0 Å². The van der Waals surface area contributed by atoms with Gasteiger partial charge in [-0.3, -0.25) is 0 Å². The highest BCUT2D eigenvalue weighted by atomic mass is 28.3. The Kier molecular flexibility index (Phi) is 4.98. The SMILES string of the molecule is C=CCOc1c(C(C)(C)C)cccc1[Si](C)(C)c1cccc2c1C=CC2. The number of hydrogen-bond acceptors (Lipinski definition) is 1. The fourth-order valence-electron chi connectivity index (χ4n) is 3.90. The largest absolute Gasteiger partial charge is 0.489 e. The van der Waals surface area contributed by atoms with Gasteiger partial charge in [0.1, 0.15) is 20.4 Å². The van der Waals surface area contributed by atoms with Crippen molar-refractivity contribution in [1.29, 1.82) is 0 Å². The van der Waals surface area contributed by atoms with Gasteiger partial charge in [0.15, 0.2) is 0 Å². The molecule has 0 heterocycles. The van der Waals surface area contributed by atoms with Crippen LogP contribution < -0.4 is 15.1 Å². The summed E-state index contributed by atoms with van der Waals surface area (Å²) in [6.07, 6.45) is 7.47. The maximum absolute atomic E-state index is 6.27. The standard InChI is InChI=1S/C24H30OSi/c1-7-17-25-23-20(24(2,3)4)14-10-16-22(23)26(5,6)21-15-9-12-18-11-8-13-19(18)21/h7-10,12-16H,1,11,17H2,2-6H3. The molecular weight excluding hydrogens is 332 g/mol. The van der Waals surface area contributed by atoms with Gasteiger partial charge in [0.05, 0.1) is 0 Å². The first-order valence-corrected chi connectivity index (χ1v) is 12.4. The van der Waals surface area contributed by atoms with Crippen LogP contribution in [0.2, 0.25) is 13.1 Å².